The zero-order valence-corrected chi connectivity index (χ0v) is 25.0. The predicted octanol–water partition coefficient (Wildman–Crippen LogP) is 7.54. The first-order valence-corrected chi connectivity index (χ1v) is 14.5. The molecule has 0 aliphatic rings. The Balaban J connectivity index is 1.22. The van der Waals surface area contributed by atoms with Crippen LogP contribution in [0.3, 0.4) is 0 Å². The van der Waals surface area contributed by atoms with Crippen LogP contribution in [0.5, 0.6) is 11.5 Å². The standard InChI is InChI=1S/C30H21BrClN3O6S/c1-2-39-24-14-17(5-12-22(24)41-30(38)27-26(32)21-11-8-19(31)15-25(21)42-27)16-33-35-28(36)18-6-9-20(10-7-18)34-29(37)23-4-3-13-40-23/h3-16H,2H2,1H3,(H,34,37)(H,35,36)/b33-16-. The average molecular weight is 667 g/mol. The van der Waals surface area contributed by atoms with E-state index in [9.17, 15) is 14.4 Å². The molecule has 0 spiro atoms. The Labute approximate surface area is 257 Å². The maximum Gasteiger partial charge on any atom is 0.355 e. The summed E-state index contributed by atoms with van der Waals surface area (Å²) >= 11 is 11.1. The lowest BCUT2D eigenvalue weighted by Crippen LogP contribution is -2.17. The van der Waals surface area contributed by atoms with Crippen LogP contribution in [0.15, 0.2) is 93.1 Å². The first-order chi connectivity index (χ1) is 20.3. The lowest BCUT2D eigenvalue weighted by Gasteiger charge is -2.11. The van der Waals surface area contributed by atoms with Gasteiger partial charge >= 0.3 is 5.97 Å². The molecule has 0 atom stereocenters. The van der Waals surface area contributed by atoms with Crippen molar-refractivity contribution in [2.75, 3.05) is 11.9 Å². The van der Waals surface area contributed by atoms with Crippen LogP contribution in [0.4, 0.5) is 5.69 Å². The number of anilines is 1. The van der Waals surface area contributed by atoms with Crippen molar-refractivity contribution in [2.24, 2.45) is 5.10 Å². The van der Waals surface area contributed by atoms with Crippen molar-refractivity contribution in [3.05, 3.63) is 110 Å². The molecule has 0 aliphatic carbocycles. The molecule has 0 bridgehead atoms. The monoisotopic (exact) mass is 665 g/mol. The smallest absolute Gasteiger partial charge is 0.355 e. The number of carbonyl (C=O) groups excluding carboxylic acids is 3. The minimum absolute atomic E-state index is 0.180. The third kappa shape index (κ3) is 6.71. The molecular weight excluding hydrogens is 646 g/mol. The highest BCUT2D eigenvalue weighted by atomic mass is 79.9. The number of rotatable bonds is 9. The Morgan fingerprint density at radius 3 is 2.57 bits per heavy atom. The molecule has 3 aromatic carbocycles. The Kier molecular flexibility index (Phi) is 9.01. The second-order valence-electron chi connectivity index (χ2n) is 8.62. The largest absolute Gasteiger partial charge is 0.490 e. The van der Waals surface area contributed by atoms with Crippen LogP contribution in [-0.4, -0.2) is 30.6 Å². The van der Waals surface area contributed by atoms with Crippen molar-refractivity contribution in [3.8, 4) is 11.5 Å². The van der Waals surface area contributed by atoms with Crippen LogP contribution in [0.25, 0.3) is 10.1 Å². The van der Waals surface area contributed by atoms with Crippen molar-refractivity contribution in [1.82, 2.24) is 5.43 Å². The third-order valence-corrected chi connectivity index (χ3v) is 7.91. The van der Waals surface area contributed by atoms with E-state index < -0.39 is 17.8 Å². The summed E-state index contributed by atoms with van der Waals surface area (Å²) in [6.07, 6.45) is 2.85. The van der Waals surface area contributed by atoms with Crippen LogP contribution >= 0.6 is 38.9 Å². The van der Waals surface area contributed by atoms with Gasteiger partial charge in [-0.05, 0) is 79.2 Å². The van der Waals surface area contributed by atoms with E-state index in [1.54, 1.807) is 61.5 Å². The van der Waals surface area contributed by atoms with Gasteiger partial charge in [0.15, 0.2) is 17.3 Å². The molecule has 5 aromatic rings. The Hall–Kier alpha value is -4.45. The second kappa shape index (κ2) is 13.0. The van der Waals surface area contributed by atoms with Crippen LogP contribution < -0.4 is 20.2 Å². The number of benzene rings is 3. The predicted molar refractivity (Wildman–Crippen MR) is 165 cm³/mol. The fourth-order valence-electron chi connectivity index (χ4n) is 3.81. The van der Waals surface area contributed by atoms with E-state index in [4.69, 9.17) is 25.5 Å². The van der Waals surface area contributed by atoms with Gasteiger partial charge in [0.2, 0.25) is 0 Å². The van der Waals surface area contributed by atoms with Crippen LogP contribution in [-0.2, 0) is 0 Å². The summed E-state index contributed by atoms with van der Waals surface area (Å²) < 4.78 is 18.1. The number of nitrogens with one attached hydrogen (secondary N) is 2. The van der Waals surface area contributed by atoms with Gasteiger partial charge in [-0.3, -0.25) is 9.59 Å². The molecule has 12 heteroatoms. The highest BCUT2D eigenvalue weighted by Gasteiger charge is 2.21. The van der Waals surface area contributed by atoms with E-state index in [1.165, 1.54) is 23.8 Å². The number of furan rings is 1. The summed E-state index contributed by atoms with van der Waals surface area (Å²) in [4.78, 5) is 37.9. The molecule has 0 aliphatic heterocycles. The van der Waals surface area contributed by atoms with Gasteiger partial charge in [-0.1, -0.05) is 33.6 Å². The maximum absolute atomic E-state index is 13.0. The van der Waals surface area contributed by atoms with Gasteiger partial charge in [-0.2, -0.15) is 5.10 Å². The average Bonchev–Trinajstić information content (AvgIpc) is 3.63. The lowest BCUT2D eigenvalue weighted by molar-refractivity contribution is 0.0733. The van der Waals surface area contributed by atoms with Crippen molar-refractivity contribution in [1.29, 1.82) is 0 Å². The van der Waals surface area contributed by atoms with Gasteiger partial charge in [0.25, 0.3) is 11.8 Å². The SMILES string of the molecule is CCOc1cc(/C=N\NC(=O)c2ccc(NC(=O)c3ccco3)cc2)ccc1OC(=O)c1sc2cc(Br)ccc2c1Cl. The Morgan fingerprint density at radius 2 is 1.83 bits per heavy atom. The molecule has 0 saturated carbocycles. The van der Waals surface area contributed by atoms with E-state index in [-0.39, 0.29) is 16.4 Å². The van der Waals surface area contributed by atoms with Crippen LogP contribution in [0.2, 0.25) is 5.02 Å². The molecule has 9 nitrogen and oxygen atoms in total. The zero-order chi connectivity index (χ0) is 29.6. The number of esters is 1. The van der Waals surface area contributed by atoms with E-state index in [0.717, 1.165) is 14.6 Å². The number of thiophene rings is 1. The van der Waals surface area contributed by atoms with Gasteiger partial charge in [0.1, 0.15) is 4.88 Å². The summed E-state index contributed by atoms with van der Waals surface area (Å²) in [7, 11) is 0. The van der Waals surface area contributed by atoms with Crippen LogP contribution in [0.1, 0.15) is 43.1 Å². The molecule has 2 aromatic heterocycles. The number of ether oxygens (including phenoxy) is 2. The highest BCUT2D eigenvalue weighted by molar-refractivity contribution is 9.10. The van der Waals surface area contributed by atoms with Gasteiger partial charge < -0.3 is 19.2 Å². The van der Waals surface area contributed by atoms with E-state index in [1.807, 2.05) is 18.2 Å². The van der Waals surface area contributed by atoms with Crippen LogP contribution in [0, 0.1) is 0 Å². The molecule has 2 heterocycles. The number of hydrogen-bond donors (Lipinski definition) is 2. The number of hydrogen-bond acceptors (Lipinski definition) is 8. The number of nitrogens with zero attached hydrogens (tertiary/aromatic N) is 1. The molecule has 0 saturated heterocycles. The normalized spacial score (nSPS) is 11.0. The van der Waals surface area contributed by atoms with Gasteiger partial charge in [0.05, 0.1) is 24.1 Å². The van der Waals surface area contributed by atoms with Crippen molar-refractivity contribution in [3.63, 3.8) is 0 Å². The fourth-order valence-corrected chi connectivity index (χ4v) is 5.75. The first-order valence-electron chi connectivity index (χ1n) is 12.5. The Bertz CT molecular complexity index is 1800. The van der Waals surface area contributed by atoms with Crippen molar-refractivity contribution >= 4 is 78.6 Å². The van der Waals surface area contributed by atoms with Gasteiger partial charge in [-0.25, -0.2) is 10.2 Å². The molecule has 42 heavy (non-hydrogen) atoms. The molecule has 212 valence electrons. The fraction of sp³-hybridized carbons (Fsp3) is 0.0667. The molecule has 2 N–H and O–H groups in total. The minimum Gasteiger partial charge on any atom is -0.490 e. The molecule has 2 amide bonds. The summed E-state index contributed by atoms with van der Waals surface area (Å²) in [6, 6.07) is 19.9. The van der Waals surface area contributed by atoms with Gasteiger partial charge in [-0.15, -0.1) is 11.3 Å². The van der Waals surface area contributed by atoms with Gasteiger partial charge in [0, 0.05) is 25.8 Å². The van der Waals surface area contributed by atoms with E-state index in [0.29, 0.717) is 34.2 Å². The topological polar surface area (TPSA) is 119 Å². The number of carbonyl (C=O) groups is 3. The molecule has 0 unspecified atom stereocenters. The van der Waals surface area contributed by atoms with E-state index >= 15 is 0 Å². The van der Waals surface area contributed by atoms with E-state index in [2.05, 4.69) is 31.8 Å². The maximum atomic E-state index is 13.0. The highest BCUT2D eigenvalue weighted by Crippen LogP contribution is 2.38. The molecule has 5 rings (SSSR count). The number of fused-ring (bicyclic) bond motifs is 1. The first kappa shape index (κ1) is 29.1. The van der Waals surface area contributed by atoms with Crippen molar-refractivity contribution in [2.45, 2.75) is 6.92 Å². The number of halogens is 2. The second-order valence-corrected chi connectivity index (χ2v) is 11.0. The summed E-state index contributed by atoms with van der Waals surface area (Å²) in [5, 5.41) is 7.80. The zero-order valence-electron chi connectivity index (χ0n) is 21.9. The molecule has 0 radical (unpaired) electrons. The number of amides is 2. The quantitative estimate of drug-likeness (QED) is 0.0726. The molecular formula is C30H21BrClN3O6S. The summed E-state index contributed by atoms with van der Waals surface area (Å²) in [6.45, 7) is 2.14. The minimum atomic E-state index is -0.599. The Morgan fingerprint density at radius 1 is 1.02 bits per heavy atom. The third-order valence-electron chi connectivity index (χ3n) is 5.78. The molecule has 0 fully saturated rings. The summed E-state index contributed by atoms with van der Waals surface area (Å²) in [5.41, 5.74) is 3.90. The lowest BCUT2D eigenvalue weighted by atomic mass is 10.2. The van der Waals surface area contributed by atoms with Crippen molar-refractivity contribution < 1.29 is 28.3 Å². The number of hydrazone groups is 1. The summed E-state index contributed by atoms with van der Waals surface area (Å²) in [5.74, 6) is -0.716.